The molecule has 4 rings (SSSR count). The standard InChI is InChI=1S/C21H17BrN2O4S/c1-14(25)24-13-15-12-17(23-29(26,27)18-9-6-16(22)7-10-18)8-11-20(15)28-21-5-3-2-4-19(21)24/h2-12,23H,13H2,1H3. The Morgan fingerprint density at radius 2 is 1.76 bits per heavy atom. The van der Waals surface area contributed by atoms with Crippen LogP contribution in [0.5, 0.6) is 11.5 Å². The number of para-hydroxylation sites is 2. The highest BCUT2D eigenvalue weighted by Gasteiger charge is 2.24. The number of benzene rings is 3. The van der Waals surface area contributed by atoms with Crippen molar-refractivity contribution in [3.8, 4) is 11.5 Å². The number of sulfonamides is 1. The molecule has 0 saturated carbocycles. The highest BCUT2D eigenvalue weighted by Crippen LogP contribution is 2.39. The molecule has 148 valence electrons. The SMILES string of the molecule is CC(=O)N1Cc2cc(NS(=O)(=O)c3ccc(Br)cc3)ccc2Oc2ccccc21. The second kappa shape index (κ2) is 7.53. The Bertz CT molecular complexity index is 1190. The number of nitrogens with one attached hydrogen (secondary N) is 1. The lowest BCUT2D eigenvalue weighted by Gasteiger charge is -2.20. The summed E-state index contributed by atoms with van der Waals surface area (Å²) in [4.78, 5) is 14.0. The number of nitrogens with zero attached hydrogens (tertiary/aromatic N) is 1. The van der Waals surface area contributed by atoms with Crippen molar-refractivity contribution in [3.05, 3.63) is 76.8 Å². The maximum Gasteiger partial charge on any atom is 0.261 e. The Morgan fingerprint density at radius 1 is 1.03 bits per heavy atom. The van der Waals surface area contributed by atoms with Gasteiger partial charge < -0.3 is 9.64 Å². The van der Waals surface area contributed by atoms with Crippen molar-refractivity contribution in [1.82, 2.24) is 0 Å². The van der Waals surface area contributed by atoms with Gasteiger partial charge in [-0.1, -0.05) is 28.1 Å². The van der Waals surface area contributed by atoms with Gasteiger partial charge in [0.15, 0.2) is 5.75 Å². The van der Waals surface area contributed by atoms with Gasteiger partial charge in [0, 0.05) is 22.6 Å². The Labute approximate surface area is 177 Å². The molecule has 1 N–H and O–H groups in total. The number of anilines is 2. The smallest absolute Gasteiger partial charge is 0.261 e. The van der Waals surface area contributed by atoms with Crippen LogP contribution in [0.2, 0.25) is 0 Å². The summed E-state index contributed by atoms with van der Waals surface area (Å²) < 4.78 is 34.7. The molecule has 0 spiro atoms. The fourth-order valence-corrected chi connectivity index (χ4v) is 4.43. The Hall–Kier alpha value is -2.84. The van der Waals surface area contributed by atoms with Crippen LogP contribution in [-0.4, -0.2) is 14.3 Å². The average molecular weight is 473 g/mol. The zero-order valence-corrected chi connectivity index (χ0v) is 17.8. The van der Waals surface area contributed by atoms with Gasteiger partial charge in [0.25, 0.3) is 10.0 Å². The summed E-state index contributed by atoms with van der Waals surface area (Å²) in [7, 11) is -3.74. The van der Waals surface area contributed by atoms with Crippen LogP contribution in [0.15, 0.2) is 76.1 Å². The maximum atomic E-state index is 12.7. The molecule has 0 saturated heterocycles. The van der Waals surface area contributed by atoms with Gasteiger partial charge in [-0.25, -0.2) is 8.42 Å². The molecule has 1 amide bonds. The van der Waals surface area contributed by atoms with E-state index in [-0.39, 0.29) is 17.3 Å². The monoisotopic (exact) mass is 472 g/mol. The molecule has 1 aliphatic rings. The van der Waals surface area contributed by atoms with Crippen LogP contribution in [0.1, 0.15) is 12.5 Å². The third-order valence-corrected chi connectivity index (χ3v) is 6.45. The van der Waals surface area contributed by atoms with E-state index < -0.39 is 10.0 Å². The highest BCUT2D eigenvalue weighted by molar-refractivity contribution is 9.10. The number of amides is 1. The van der Waals surface area contributed by atoms with Crippen molar-refractivity contribution in [1.29, 1.82) is 0 Å². The van der Waals surface area contributed by atoms with Crippen LogP contribution < -0.4 is 14.4 Å². The number of ether oxygens (including phenoxy) is 1. The number of halogens is 1. The quantitative estimate of drug-likeness (QED) is 0.587. The first-order chi connectivity index (χ1) is 13.8. The first-order valence-electron chi connectivity index (χ1n) is 8.80. The van der Waals surface area contributed by atoms with Gasteiger partial charge in [0.1, 0.15) is 5.75 Å². The van der Waals surface area contributed by atoms with Gasteiger partial charge in [-0.2, -0.15) is 0 Å². The maximum absolute atomic E-state index is 12.7. The molecule has 6 nitrogen and oxygen atoms in total. The van der Waals surface area contributed by atoms with Gasteiger partial charge in [0.05, 0.1) is 17.1 Å². The van der Waals surface area contributed by atoms with Crippen LogP contribution in [0.25, 0.3) is 0 Å². The molecule has 1 aliphatic heterocycles. The number of hydrogen-bond donors (Lipinski definition) is 1. The molecule has 0 aliphatic carbocycles. The lowest BCUT2D eigenvalue weighted by Crippen LogP contribution is -2.27. The number of carbonyl (C=O) groups is 1. The van der Waals surface area contributed by atoms with Crippen molar-refractivity contribution in [3.63, 3.8) is 0 Å². The van der Waals surface area contributed by atoms with Crippen molar-refractivity contribution in [2.24, 2.45) is 0 Å². The molecule has 0 atom stereocenters. The number of hydrogen-bond acceptors (Lipinski definition) is 4. The van der Waals surface area contributed by atoms with Crippen molar-refractivity contribution < 1.29 is 17.9 Å². The minimum Gasteiger partial charge on any atom is -0.455 e. The summed E-state index contributed by atoms with van der Waals surface area (Å²) in [5.74, 6) is 1.02. The van der Waals surface area contributed by atoms with Crippen molar-refractivity contribution in [2.75, 3.05) is 9.62 Å². The second-order valence-electron chi connectivity index (χ2n) is 6.56. The molecular weight excluding hydrogens is 456 g/mol. The van der Waals surface area contributed by atoms with E-state index in [1.165, 1.54) is 19.1 Å². The van der Waals surface area contributed by atoms with E-state index in [4.69, 9.17) is 4.74 Å². The normalized spacial score (nSPS) is 13.0. The average Bonchev–Trinajstić information content (AvgIpc) is 2.84. The zero-order valence-electron chi connectivity index (χ0n) is 15.4. The molecule has 3 aromatic carbocycles. The number of fused-ring (bicyclic) bond motifs is 2. The van der Waals surface area contributed by atoms with Crippen molar-refractivity contribution in [2.45, 2.75) is 18.4 Å². The Kier molecular flexibility index (Phi) is 5.06. The molecule has 29 heavy (non-hydrogen) atoms. The van der Waals surface area contributed by atoms with Gasteiger partial charge in [-0.05, 0) is 54.6 Å². The van der Waals surface area contributed by atoms with Crippen molar-refractivity contribution >= 4 is 43.2 Å². The minimum absolute atomic E-state index is 0.130. The minimum atomic E-state index is -3.74. The second-order valence-corrected chi connectivity index (χ2v) is 9.15. The third kappa shape index (κ3) is 3.99. The lowest BCUT2D eigenvalue weighted by molar-refractivity contribution is -0.116. The molecule has 8 heteroatoms. The van der Waals surface area contributed by atoms with Gasteiger partial charge >= 0.3 is 0 Å². The molecular formula is C21H17BrN2O4S. The lowest BCUT2D eigenvalue weighted by atomic mass is 10.1. The van der Waals surface area contributed by atoms with E-state index in [0.29, 0.717) is 28.4 Å². The molecule has 1 heterocycles. The summed E-state index contributed by atoms with van der Waals surface area (Å²) in [5, 5.41) is 0. The van der Waals surface area contributed by atoms with E-state index in [1.54, 1.807) is 41.3 Å². The fourth-order valence-electron chi connectivity index (χ4n) is 3.12. The predicted molar refractivity (Wildman–Crippen MR) is 115 cm³/mol. The summed E-state index contributed by atoms with van der Waals surface area (Å²) in [6.45, 7) is 1.76. The van der Waals surface area contributed by atoms with E-state index in [2.05, 4.69) is 20.7 Å². The van der Waals surface area contributed by atoms with Crippen LogP contribution >= 0.6 is 15.9 Å². The first-order valence-corrected chi connectivity index (χ1v) is 11.1. The van der Waals surface area contributed by atoms with E-state index in [9.17, 15) is 13.2 Å². The molecule has 0 unspecified atom stereocenters. The third-order valence-electron chi connectivity index (χ3n) is 4.52. The van der Waals surface area contributed by atoms with Gasteiger partial charge in [-0.3, -0.25) is 9.52 Å². The van der Waals surface area contributed by atoms with Gasteiger partial charge in [-0.15, -0.1) is 0 Å². The summed E-state index contributed by atoms with van der Waals surface area (Å²) in [5.41, 5.74) is 1.77. The summed E-state index contributed by atoms with van der Waals surface area (Å²) in [6.07, 6.45) is 0. The largest absolute Gasteiger partial charge is 0.455 e. The van der Waals surface area contributed by atoms with E-state index >= 15 is 0 Å². The zero-order chi connectivity index (χ0) is 20.6. The summed E-state index contributed by atoms with van der Waals surface area (Å²) in [6, 6.07) is 18.7. The number of carbonyl (C=O) groups excluding carboxylic acids is 1. The number of rotatable bonds is 3. The van der Waals surface area contributed by atoms with Gasteiger partial charge in [0.2, 0.25) is 5.91 Å². The predicted octanol–water partition coefficient (Wildman–Crippen LogP) is 4.91. The van der Waals surface area contributed by atoms with E-state index in [1.807, 2.05) is 18.2 Å². The first kappa shape index (κ1) is 19.5. The van der Waals surface area contributed by atoms with Crippen LogP contribution in [-0.2, 0) is 21.4 Å². The fraction of sp³-hybridized carbons (Fsp3) is 0.0952. The topological polar surface area (TPSA) is 75.7 Å². The van der Waals surface area contributed by atoms with Crippen LogP contribution in [0, 0.1) is 0 Å². The molecule has 0 fully saturated rings. The molecule has 0 aromatic heterocycles. The van der Waals surface area contributed by atoms with Crippen LogP contribution in [0.3, 0.4) is 0 Å². The summed E-state index contributed by atoms with van der Waals surface area (Å²) >= 11 is 3.30. The van der Waals surface area contributed by atoms with Crippen LogP contribution in [0.4, 0.5) is 11.4 Å². The Balaban J connectivity index is 1.68. The Morgan fingerprint density at radius 3 is 2.48 bits per heavy atom. The van der Waals surface area contributed by atoms with E-state index in [0.717, 1.165) is 4.47 Å². The highest BCUT2D eigenvalue weighted by atomic mass is 79.9. The molecule has 3 aromatic rings. The molecule has 0 bridgehead atoms. The molecule has 0 radical (unpaired) electrons.